The van der Waals surface area contributed by atoms with Gasteiger partial charge in [0.05, 0.1) is 31.1 Å². The lowest BCUT2D eigenvalue weighted by Crippen LogP contribution is -2.87. The lowest BCUT2D eigenvalue weighted by atomic mass is 9.96. The summed E-state index contributed by atoms with van der Waals surface area (Å²) in [5.74, 6) is 0.914. The first kappa shape index (κ1) is 12.5. The van der Waals surface area contributed by atoms with Gasteiger partial charge in [-0.25, -0.2) is 0 Å². The van der Waals surface area contributed by atoms with Gasteiger partial charge in [-0.05, 0) is 23.8 Å². The van der Waals surface area contributed by atoms with Crippen LogP contribution in [0, 0.1) is 0 Å². The molecule has 0 fully saturated rings. The van der Waals surface area contributed by atoms with Crippen LogP contribution in [0.2, 0.25) is 0 Å². The van der Waals surface area contributed by atoms with Crippen LogP contribution in [-0.4, -0.2) is 28.4 Å². The maximum atomic E-state index is 5.36. The van der Waals surface area contributed by atoms with E-state index in [-0.39, 0.29) is 0 Å². The van der Waals surface area contributed by atoms with E-state index in [9.17, 15) is 0 Å². The van der Waals surface area contributed by atoms with Crippen LogP contribution in [0.15, 0.2) is 30.6 Å². The largest absolute Gasteiger partial charge is 0.497 e. The van der Waals surface area contributed by atoms with Crippen LogP contribution in [-0.2, 0) is 13.5 Å². The summed E-state index contributed by atoms with van der Waals surface area (Å²) in [4.78, 5) is 3.60. The molecule has 0 spiro atoms. The van der Waals surface area contributed by atoms with Gasteiger partial charge in [0.25, 0.3) is 0 Å². The van der Waals surface area contributed by atoms with Crippen molar-refractivity contribution in [1.82, 2.24) is 14.8 Å². The Hall–Kier alpha value is -2.27. The van der Waals surface area contributed by atoms with Crippen LogP contribution in [0.1, 0.15) is 22.9 Å². The van der Waals surface area contributed by atoms with E-state index in [2.05, 4.69) is 33.7 Å². The monoisotopic (exact) mass is 283 g/mol. The molecule has 3 N–H and O–H groups in total. The number of aromatic amines is 1. The summed E-state index contributed by atoms with van der Waals surface area (Å²) in [7, 11) is 3.68. The fraction of sp³-hybridized carbons (Fsp3) is 0.312. The number of rotatable bonds is 2. The fourth-order valence-electron chi connectivity index (χ4n) is 3.33. The number of aromatic nitrogens is 3. The van der Waals surface area contributed by atoms with E-state index in [1.165, 1.54) is 27.7 Å². The molecule has 0 amide bonds. The first-order chi connectivity index (χ1) is 10.3. The number of methoxy groups -OCH3 is 1. The molecule has 2 aromatic heterocycles. The van der Waals surface area contributed by atoms with Crippen molar-refractivity contribution in [1.29, 1.82) is 0 Å². The summed E-state index contributed by atoms with van der Waals surface area (Å²) in [6, 6.07) is 6.55. The molecular weight excluding hydrogens is 264 g/mol. The Morgan fingerprint density at radius 3 is 3.10 bits per heavy atom. The van der Waals surface area contributed by atoms with Gasteiger partial charge in [0, 0.05) is 30.6 Å². The Morgan fingerprint density at radius 2 is 2.33 bits per heavy atom. The zero-order valence-corrected chi connectivity index (χ0v) is 12.3. The molecule has 4 rings (SSSR count). The minimum absolute atomic E-state index is 0.306. The van der Waals surface area contributed by atoms with Gasteiger partial charge < -0.3 is 15.0 Å². The van der Waals surface area contributed by atoms with Crippen LogP contribution >= 0.6 is 0 Å². The summed E-state index contributed by atoms with van der Waals surface area (Å²) in [5.41, 5.74) is 5.15. The summed E-state index contributed by atoms with van der Waals surface area (Å²) >= 11 is 0. The number of H-pyrrole nitrogens is 1. The zero-order valence-electron chi connectivity index (χ0n) is 12.3. The van der Waals surface area contributed by atoms with E-state index in [0.717, 1.165) is 18.7 Å². The van der Waals surface area contributed by atoms with E-state index >= 15 is 0 Å². The predicted molar refractivity (Wildman–Crippen MR) is 80.4 cm³/mol. The van der Waals surface area contributed by atoms with Crippen molar-refractivity contribution >= 4 is 10.9 Å². The van der Waals surface area contributed by atoms with E-state index in [4.69, 9.17) is 4.74 Å². The molecule has 1 aliphatic rings. The van der Waals surface area contributed by atoms with E-state index < -0.39 is 0 Å². The zero-order chi connectivity index (χ0) is 14.4. The quantitative estimate of drug-likeness (QED) is 0.740. The van der Waals surface area contributed by atoms with Crippen molar-refractivity contribution in [3.05, 3.63) is 47.4 Å². The van der Waals surface area contributed by atoms with Gasteiger partial charge in [0.1, 0.15) is 5.75 Å². The molecule has 5 heteroatoms. The third kappa shape index (κ3) is 1.93. The van der Waals surface area contributed by atoms with E-state index in [0.29, 0.717) is 6.04 Å². The molecule has 1 atom stereocenters. The number of aryl methyl sites for hydroxylation is 1. The van der Waals surface area contributed by atoms with E-state index in [1.54, 1.807) is 7.11 Å². The highest BCUT2D eigenvalue weighted by Gasteiger charge is 2.29. The predicted octanol–water partition coefficient (Wildman–Crippen LogP) is 1.12. The number of benzene rings is 1. The number of quaternary nitrogens is 1. The second-order valence-corrected chi connectivity index (χ2v) is 5.63. The molecule has 3 aromatic rings. The molecule has 21 heavy (non-hydrogen) atoms. The van der Waals surface area contributed by atoms with Gasteiger partial charge in [-0.1, -0.05) is 0 Å². The number of nitrogens with two attached hydrogens (primary N) is 1. The average Bonchev–Trinajstić information content (AvgIpc) is 3.09. The lowest BCUT2D eigenvalue weighted by molar-refractivity contribution is -0.690. The smallest absolute Gasteiger partial charge is 0.156 e. The van der Waals surface area contributed by atoms with Gasteiger partial charge in [-0.3, -0.25) is 4.68 Å². The Balaban J connectivity index is 1.88. The molecule has 3 heterocycles. The fourth-order valence-corrected chi connectivity index (χ4v) is 3.33. The van der Waals surface area contributed by atoms with Gasteiger partial charge in [-0.15, -0.1) is 0 Å². The van der Waals surface area contributed by atoms with Crippen molar-refractivity contribution in [3.63, 3.8) is 0 Å². The Labute approximate surface area is 122 Å². The van der Waals surface area contributed by atoms with Crippen LogP contribution in [0.25, 0.3) is 10.9 Å². The summed E-state index contributed by atoms with van der Waals surface area (Å²) < 4.78 is 7.23. The molecule has 5 nitrogen and oxygen atoms in total. The Kier molecular flexibility index (Phi) is 2.75. The molecule has 0 radical (unpaired) electrons. The third-order valence-electron chi connectivity index (χ3n) is 4.34. The average molecular weight is 283 g/mol. The Morgan fingerprint density at radius 1 is 1.43 bits per heavy atom. The molecular formula is C16H19N4O+. The second-order valence-electron chi connectivity index (χ2n) is 5.63. The second kappa shape index (κ2) is 4.63. The van der Waals surface area contributed by atoms with Crippen molar-refractivity contribution in [2.45, 2.75) is 12.5 Å². The van der Waals surface area contributed by atoms with Crippen molar-refractivity contribution in [2.75, 3.05) is 13.7 Å². The third-order valence-corrected chi connectivity index (χ3v) is 4.34. The van der Waals surface area contributed by atoms with Crippen LogP contribution in [0.4, 0.5) is 0 Å². The number of hydrogen-bond acceptors (Lipinski definition) is 2. The van der Waals surface area contributed by atoms with Crippen molar-refractivity contribution in [2.24, 2.45) is 7.05 Å². The molecule has 0 aliphatic carbocycles. The lowest BCUT2D eigenvalue weighted by Gasteiger charge is -2.20. The molecule has 1 aromatic carbocycles. The van der Waals surface area contributed by atoms with Crippen molar-refractivity contribution < 1.29 is 10.1 Å². The topological polar surface area (TPSA) is 59.4 Å². The maximum absolute atomic E-state index is 5.36. The minimum Gasteiger partial charge on any atom is -0.497 e. The van der Waals surface area contributed by atoms with Crippen LogP contribution in [0.3, 0.4) is 0 Å². The van der Waals surface area contributed by atoms with Gasteiger partial charge in [-0.2, -0.15) is 5.10 Å². The SMILES string of the molecule is COc1ccc2[nH]c3c(c2c1)CC[NH2+][C@H]3c1cnn(C)c1. The highest BCUT2D eigenvalue weighted by molar-refractivity contribution is 5.86. The first-order valence-corrected chi connectivity index (χ1v) is 7.26. The van der Waals surface area contributed by atoms with Gasteiger partial charge >= 0.3 is 0 Å². The van der Waals surface area contributed by atoms with Gasteiger partial charge in [0.2, 0.25) is 0 Å². The molecule has 108 valence electrons. The summed E-state index contributed by atoms with van der Waals surface area (Å²) in [6.07, 6.45) is 5.14. The normalized spacial score (nSPS) is 17.9. The molecule has 0 bridgehead atoms. The number of hydrogen-bond donors (Lipinski definition) is 2. The highest BCUT2D eigenvalue weighted by Crippen LogP contribution is 2.32. The van der Waals surface area contributed by atoms with Crippen molar-refractivity contribution in [3.8, 4) is 5.75 Å². The number of fused-ring (bicyclic) bond motifs is 3. The van der Waals surface area contributed by atoms with Crippen LogP contribution in [0.5, 0.6) is 5.75 Å². The summed E-state index contributed by atoms with van der Waals surface area (Å²) in [5, 5.41) is 7.97. The molecule has 0 unspecified atom stereocenters. The maximum Gasteiger partial charge on any atom is 0.156 e. The summed E-state index contributed by atoms with van der Waals surface area (Å²) in [6.45, 7) is 1.09. The Bertz CT molecular complexity index is 802. The molecule has 0 saturated carbocycles. The number of nitrogens with one attached hydrogen (secondary N) is 1. The van der Waals surface area contributed by atoms with E-state index in [1.807, 2.05) is 24.0 Å². The van der Waals surface area contributed by atoms with Crippen LogP contribution < -0.4 is 10.1 Å². The molecule has 1 aliphatic heterocycles. The van der Waals surface area contributed by atoms with Gasteiger partial charge in [0.15, 0.2) is 6.04 Å². The standard InChI is InChI=1S/C16H18N4O/c1-20-9-10(8-18-20)15-16-12(5-6-17-15)13-7-11(21-2)3-4-14(13)19-16/h3-4,7-9,15,17,19H,5-6H2,1-2H3/p+1/t15-/m0/s1. The molecule has 0 saturated heterocycles. The number of ether oxygens (including phenoxy) is 1. The highest BCUT2D eigenvalue weighted by atomic mass is 16.5. The number of nitrogens with zero attached hydrogens (tertiary/aromatic N) is 2. The first-order valence-electron chi connectivity index (χ1n) is 7.26. The minimum atomic E-state index is 0.306.